The fourth-order valence-corrected chi connectivity index (χ4v) is 4.08. The van der Waals surface area contributed by atoms with Crippen LogP contribution in [0, 0.1) is 18.3 Å². The Kier molecular flexibility index (Phi) is 7.10. The number of halogens is 1. The summed E-state index contributed by atoms with van der Waals surface area (Å²) in [6.07, 6.45) is 1.53. The van der Waals surface area contributed by atoms with Crippen LogP contribution in [0.4, 0.5) is 5.69 Å². The molecule has 0 fully saturated rings. The summed E-state index contributed by atoms with van der Waals surface area (Å²) in [5.74, 6) is -0.0144. The Hall–Kier alpha value is -4.20. The van der Waals surface area contributed by atoms with Gasteiger partial charge in [0.05, 0.1) is 27.9 Å². The lowest BCUT2D eigenvalue weighted by Gasteiger charge is -2.15. The van der Waals surface area contributed by atoms with Gasteiger partial charge >= 0.3 is 0 Å². The molecule has 0 atom stereocenters. The Labute approximate surface area is 209 Å². The number of aryl methyl sites for hydroxylation is 1. The van der Waals surface area contributed by atoms with Gasteiger partial charge in [-0.25, -0.2) is 9.67 Å². The highest BCUT2D eigenvalue weighted by Gasteiger charge is 2.23. The van der Waals surface area contributed by atoms with Crippen molar-refractivity contribution in [2.75, 3.05) is 11.9 Å². The molecule has 0 bridgehead atoms. The van der Waals surface area contributed by atoms with Crippen molar-refractivity contribution in [3.8, 4) is 23.5 Å². The number of hydrogen-bond donors (Lipinski definition) is 2. The van der Waals surface area contributed by atoms with Gasteiger partial charge in [-0.3, -0.25) is 9.59 Å². The Bertz CT molecular complexity index is 1440. The Morgan fingerprint density at radius 3 is 2.77 bits per heavy atom. The molecule has 9 nitrogen and oxygen atoms in total. The molecule has 4 aromatic rings. The van der Waals surface area contributed by atoms with Crippen molar-refractivity contribution in [3.05, 3.63) is 80.8 Å². The van der Waals surface area contributed by atoms with Gasteiger partial charge in [0.15, 0.2) is 5.82 Å². The predicted octanol–water partition coefficient (Wildman–Crippen LogP) is 4.96. The molecule has 0 aliphatic rings. The fraction of sp³-hybridized carbons (Fsp3) is 0.125. The predicted molar refractivity (Wildman–Crippen MR) is 133 cm³/mol. The van der Waals surface area contributed by atoms with Crippen molar-refractivity contribution in [2.45, 2.75) is 13.8 Å². The van der Waals surface area contributed by atoms with E-state index in [4.69, 9.17) is 16.3 Å². The third-order valence-electron chi connectivity index (χ3n) is 4.86. The number of benzene rings is 1. The summed E-state index contributed by atoms with van der Waals surface area (Å²) in [4.78, 5) is 30.4. The largest absolute Gasteiger partial charge is 0.437 e. The SMILES string of the molecule is CCNC(=O)c1cc(C#N)cc(C)c1NC(=O)c1cc(Oc2ccsc2)nn1-c1ncccc1Cl. The van der Waals surface area contributed by atoms with Crippen LogP contribution >= 0.6 is 22.9 Å². The Morgan fingerprint density at radius 1 is 1.26 bits per heavy atom. The normalized spacial score (nSPS) is 10.5. The summed E-state index contributed by atoms with van der Waals surface area (Å²) in [5.41, 5.74) is 1.39. The molecule has 0 saturated heterocycles. The standard InChI is InChI=1S/C24H19ClN6O3S/c1-3-27-23(32)17-10-15(12-26)9-14(2)21(17)29-24(33)19-11-20(34-16-6-8-35-13-16)30-31(19)22-18(25)5-4-7-28-22/h4-11,13H,3H2,1-2H3,(H,27,32)(H,29,33). The number of aromatic nitrogens is 3. The third kappa shape index (κ3) is 5.16. The maximum atomic E-state index is 13.5. The van der Waals surface area contributed by atoms with E-state index in [1.165, 1.54) is 34.3 Å². The topological polar surface area (TPSA) is 122 Å². The van der Waals surface area contributed by atoms with E-state index >= 15 is 0 Å². The number of amides is 2. The molecule has 4 rings (SSSR count). The first-order valence-corrected chi connectivity index (χ1v) is 11.8. The summed E-state index contributed by atoms with van der Waals surface area (Å²) >= 11 is 7.79. The van der Waals surface area contributed by atoms with Crippen LogP contribution in [0.3, 0.4) is 0 Å². The van der Waals surface area contributed by atoms with E-state index in [-0.39, 0.29) is 33.7 Å². The van der Waals surface area contributed by atoms with Gasteiger partial charge in [0.2, 0.25) is 5.88 Å². The van der Waals surface area contributed by atoms with Crippen molar-refractivity contribution >= 4 is 40.4 Å². The second-order valence-electron chi connectivity index (χ2n) is 7.29. The summed E-state index contributed by atoms with van der Waals surface area (Å²) in [5, 5.41) is 23.1. The number of hydrogen-bond acceptors (Lipinski definition) is 7. The number of pyridine rings is 1. The molecule has 35 heavy (non-hydrogen) atoms. The number of nitrogens with zero attached hydrogens (tertiary/aromatic N) is 4. The molecule has 3 aromatic heterocycles. The zero-order chi connectivity index (χ0) is 24.9. The molecule has 2 amide bonds. The highest BCUT2D eigenvalue weighted by atomic mass is 35.5. The maximum Gasteiger partial charge on any atom is 0.274 e. The number of ether oxygens (including phenoxy) is 1. The fourth-order valence-electron chi connectivity index (χ4n) is 3.33. The van der Waals surface area contributed by atoms with Gasteiger partial charge in [-0.1, -0.05) is 11.6 Å². The van der Waals surface area contributed by atoms with Crippen LogP contribution < -0.4 is 15.4 Å². The van der Waals surface area contributed by atoms with E-state index in [0.717, 1.165) is 0 Å². The van der Waals surface area contributed by atoms with Crippen LogP contribution in [0.15, 0.2) is 53.4 Å². The van der Waals surface area contributed by atoms with Gasteiger partial charge in [-0.15, -0.1) is 16.4 Å². The minimum absolute atomic E-state index is 0.0847. The van der Waals surface area contributed by atoms with E-state index in [2.05, 4.69) is 20.7 Å². The highest BCUT2D eigenvalue weighted by molar-refractivity contribution is 7.08. The van der Waals surface area contributed by atoms with Crippen molar-refractivity contribution < 1.29 is 14.3 Å². The van der Waals surface area contributed by atoms with Crippen LogP contribution in [0.2, 0.25) is 5.02 Å². The maximum absolute atomic E-state index is 13.5. The second-order valence-corrected chi connectivity index (χ2v) is 8.48. The first kappa shape index (κ1) is 23.9. The van der Waals surface area contributed by atoms with Gasteiger partial charge in [0.25, 0.3) is 11.8 Å². The molecular formula is C24H19ClN6O3S. The minimum atomic E-state index is -0.572. The molecule has 0 saturated carbocycles. The van der Waals surface area contributed by atoms with Crippen LogP contribution in [-0.2, 0) is 0 Å². The van der Waals surface area contributed by atoms with E-state index < -0.39 is 11.8 Å². The highest BCUT2D eigenvalue weighted by Crippen LogP contribution is 2.28. The molecule has 0 aliphatic heterocycles. The molecule has 2 N–H and O–H groups in total. The zero-order valence-electron chi connectivity index (χ0n) is 18.7. The number of rotatable bonds is 7. The minimum Gasteiger partial charge on any atom is -0.437 e. The number of anilines is 1. The van der Waals surface area contributed by atoms with Gasteiger partial charge in [-0.2, -0.15) is 5.26 Å². The van der Waals surface area contributed by atoms with Gasteiger partial charge < -0.3 is 15.4 Å². The zero-order valence-corrected chi connectivity index (χ0v) is 20.3. The Morgan fingerprint density at radius 2 is 2.09 bits per heavy atom. The monoisotopic (exact) mass is 506 g/mol. The van der Waals surface area contributed by atoms with Gasteiger partial charge in [0.1, 0.15) is 11.4 Å². The first-order chi connectivity index (χ1) is 16.9. The number of carbonyl (C=O) groups excluding carboxylic acids is 2. The van der Waals surface area contributed by atoms with Crippen LogP contribution in [0.25, 0.3) is 5.82 Å². The van der Waals surface area contributed by atoms with Gasteiger partial charge in [-0.05, 0) is 55.1 Å². The van der Waals surface area contributed by atoms with Crippen molar-refractivity contribution in [1.82, 2.24) is 20.1 Å². The lowest BCUT2D eigenvalue weighted by Crippen LogP contribution is -2.26. The lowest BCUT2D eigenvalue weighted by molar-refractivity contribution is 0.0956. The second kappa shape index (κ2) is 10.4. The van der Waals surface area contributed by atoms with E-state index in [0.29, 0.717) is 23.4 Å². The average molecular weight is 507 g/mol. The summed E-state index contributed by atoms with van der Waals surface area (Å²) in [6.45, 7) is 3.87. The number of nitrogens with one attached hydrogen (secondary N) is 2. The molecule has 0 aliphatic carbocycles. The molecule has 0 spiro atoms. The molecule has 3 heterocycles. The quantitative estimate of drug-likeness (QED) is 0.365. The lowest BCUT2D eigenvalue weighted by atomic mass is 10.0. The average Bonchev–Trinajstić information content (AvgIpc) is 3.51. The summed E-state index contributed by atoms with van der Waals surface area (Å²) in [7, 11) is 0. The molecule has 176 valence electrons. The van der Waals surface area contributed by atoms with E-state index in [1.54, 1.807) is 43.5 Å². The number of carbonyl (C=O) groups is 2. The summed E-state index contributed by atoms with van der Waals surface area (Å²) in [6, 6.07) is 11.6. The molecule has 0 unspecified atom stereocenters. The molecule has 0 radical (unpaired) electrons. The van der Waals surface area contributed by atoms with E-state index in [9.17, 15) is 14.9 Å². The molecular weight excluding hydrogens is 488 g/mol. The van der Waals surface area contributed by atoms with Crippen LogP contribution in [0.5, 0.6) is 11.6 Å². The number of nitriles is 1. The van der Waals surface area contributed by atoms with Crippen molar-refractivity contribution in [1.29, 1.82) is 5.26 Å². The molecule has 1 aromatic carbocycles. The van der Waals surface area contributed by atoms with Crippen LogP contribution in [0.1, 0.15) is 38.9 Å². The van der Waals surface area contributed by atoms with E-state index in [1.807, 2.05) is 11.4 Å². The third-order valence-corrected chi connectivity index (χ3v) is 5.82. The summed E-state index contributed by atoms with van der Waals surface area (Å²) < 4.78 is 7.06. The smallest absolute Gasteiger partial charge is 0.274 e. The van der Waals surface area contributed by atoms with Crippen molar-refractivity contribution in [2.24, 2.45) is 0 Å². The van der Waals surface area contributed by atoms with Crippen molar-refractivity contribution in [3.63, 3.8) is 0 Å². The molecule has 11 heteroatoms. The first-order valence-electron chi connectivity index (χ1n) is 10.5. The van der Waals surface area contributed by atoms with Crippen LogP contribution in [-0.4, -0.2) is 33.1 Å². The Balaban J connectivity index is 1.77. The number of thiophene rings is 1. The van der Waals surface area contributed by atoms with Gasteiger partial charge in [0, 0.05) is 24.2 Å².